The van der Waals surface area contributed by atoms with E-state index in [1.54, 1.807) is 17.6 Å². The van der Waals surface area contributed by atoms with Gasteiger partial charge in [-0.15, -0.1) is 0 Å². The minimum absolute atomic E-state index is 0.0207. The predicted molar refractivity (Wildman–Crippen MR) is 125 cm³/mol. The van der Waals surface area contributed by atoms with Crippen LogP contribution in [0.25, 0.3) is 0 Å². The molecule has 0 unspecified atom stereocenters. The highest BCUT2D eigenvalue weighted by Gasteiger charge is 2.55. The number of rotatable bonds is 8. The van der Waals surface area contributed by atoms with Crippen molar-refractivity contribution < 1.29 is 37.4 Å². The average Bonchev–Trinajstić information content (AvgIpc) is 3.18. The summed E-state index contributed by atoms with van der Waals surface area (Å²) in [7, 11) is -2.74. The van der Waals surface area contributed by atoms with Gasteiger partial charge in [-0.05, 0) is 38.0 Å². The number of ether oxygens (including phenoxy) is 3. The third kappa shape index (κ3) is 5.14. The quantitative estimate of drug-likeness (QED) is 0.301. The summed E-state index contributed by atoms with van der Waals surface area (Å²) in [5, 5.41) is 9.36. The van der Waals surface area contributed by atoms with Crippen LogP contribution in [-0.4, -0.2) is 84.8 Å². The van der Waals surface area contributed by atoms with Gasteiger partial charge in [0.2, 0.25) is 15.9 Å². The second-order valence-electron chi connectivity index (χ2n) is 8.56. The lowest BCUT2D eigenvalue weighted by atomic mass is 10.1. The number of pyridine rings is 1. The van der Waals surface area contributed by atoms with Crippen molar-refractivity contribution >= 4 is 22.0 Å². The van der Waals surface area contributed by atoms with E-state index in [4.69, 9.17) is 14.2 Å². The van der Waals surface area contributed by atoms with Crippen molar-refractivity contribution in [2.75, 3.05) is 26.9 Å². The van der Waals surface area contributed by atoms with Gasteiger partial charge in [-0.3, -0.25) is 14.9 Å². The first-order valence-corrected chi connectivity index (χ1v) is 12.8. The molecular formula is C23H28N4O8S. The predicted octanol–water partition coefficient (Wildman–Crippen LogP) is 1.68. The minimum atomic E-state index is -4.21. The van der Waals surface area contributed by atoms with E-state index in [0.29, 0.717) is 18.6 Å². The lowest BCUT2D eigenvalue weighted by molar-refractivity contribution is -0.136. The molecule has 0 aliphatic carbocycles. The molecule has 12 nitrogen and oxygen atoms in total. The van der Waals surface area contributed by atoms with Gasteiger partial charge in [0.25, 0.3) is 5.91 Å². The zero-order valence-corrected chi connectivity index (χ0v) is 20.7. The molecule has 194 valence electrons. The van der Waals surface area contributed by atoms with Crippen LogP contribution in [0.1, 0.15) is 18.4 Å². The molecule has 1 aromatic heterocycles. The van der Waals surface area contributed by atoms with Gasteiger partial charge in [0.15, 0.2) is 0 Å². The number of methoxy groups -OCH3 is 1. The Balaban J connectivity index is 1.56. The first-order valence-electron chi connectivity index (χ1n) is 11.4. The molecule has 2 aliphatic rings. The second-order valence-corrected chi connectivity index (χ2v) is 10.4. The SMILES string of the molecule is COCCOC(=O)N1[C@@H]2CC[C@H]1[C@H](C(=O)NO)N(S(=O)(=O)c1ccc(Oc3ccc(C)cc3)nc1)C2. The number of carbonyl (C=O) groups is 2. The van der Waals surface area contributed by atoms with Gasteiger partial charge >= 0.3 is 6.09 Å². The van der Waals surface area contributed by atoms with E-state index in [2.05, 4.69) is 4.98 Å². The maximum atomic E-state index is 13.6. The second kappa shape index (κ2) is 10.8. The standard InChI is InChI=1S/C23H28N4O8S/c1-15-3-6-17(7-4-15)35-20-10-8-18(13-24-20)36(31,32)26-14-16-5-9-19(21(26)22(28)25-30)27(16)23(29)34-12-11-33-2/h3-4,6-8,10,13,16,19,21,30H,5,9,11-12,14H2,1-2H3,(H,25,28)/t16-,19+,21-/m1/s1. The number of aryl methyl sites for hydroxylation is 1. The molecule has 2 bridgehead atoms. The summed E-state index contributed by atoms with van der Waals surface area (Å²) in [6, 6.07) is 7.42. The number of nitrogens with one attached hydrogen (secondary N) is 1. The zero-order chi connectivity index (χ0) is 25.9. The van der Waals surface area contributed by atoms with Gasteiger partial charge in [-0.2, -0.15) is 4.31 Å². The number of fused-ring (bicyclic) bond motifs is 2. The van der Waals surface area contributed by atoms with Crippen molar-refractivity contribution in [3.63, 3.8) is 0 Å². The molecule has 2 saturated heterocycles. The maximum absolute atomic E-state index is 13.6. The Labute approximate surface area is 208 Å². The molecule has 1 aromatic carbocycles. The van der Waals surface area contributed by atoms with Crippen LogP contribution in [0.15, 0.2) is 47.5 Å². The summed E-state index contributed by atoms with van der Waals surface area (Å²) in [6.45, 7) is 2.03. The summed E-state index contributed by atoms with van der Waals surface area (Å²) in [6.07, 6.45) is 1.34. The zero-order valence-electron chi connectivity index (χ0n) is 19.9. The van der Waals surface area contributed by atoms with Crippen molar-refractivity contribution in [1.29, 1.82) is 0 Å². The van der Waals surface area contributed by atoms with Gasteiger partial charge in [0, 0.05) is 25.8 Å². The Morgan fingerprint density at radius 1 is 1.14 bits per heavy atom. The van der Waals surface area contributed by atoms with Gasteiger partial charge in [0.05, 0.1) is 18.8 Å². The van der Waals surface area contributed by atoms with Crippen molar-refractivity contribution in [3.05, 3.63) is 48.2 Å². The molecule has 2 amide bonds. The lowest BCUT2D eigenvalue weighted by Gasteiger charge is -2.44. The Kier molecular flexibility index (Phi) is 7.73. The number of benzene rings is 1. The fourth-order valence-corrected chi connectivity index (χ4v) is 6.15. The molecule has 13 heteroatoms. The van der Waals surface area contributed by atoms with E-state index in [0.717, 1.165) is 16.1 Å². The highest BCUT2D eigenvalue weighted by molar-refractivity contribution is 7.89. The van der Waals surface area contributed by atoms with Gasteiger partial charge in [-0.1, -0.05) is 17.7 Å². The van der Waals surface area contributed by atoms with Crippen LogP contribution in [0.4, 0.5) is 4.79 Å². The Hall–Kier alpha value is -3.26. The van der Waals surface area contributed by atoms with Crippen LogP contribution in [0, 0.1) is 6.92 Å². The Bertz CT molecular complexity index is 1190. The number of aromatic nitrogens is 1. The minimum Gasteiger partial charge on any atom is -0.447 e. The fourth-order valence-electron chi connectivity index (χ4n) is 4.55. The van der Waals surface area contributed by atoms with E-state index in [-0.39, 0.29) is 30.5 Å². The molecule has 3 atom stereocenters. The summed E-state index contributed by atoms with van der Waals surface area (Å²) >= 11 is 0. The molecular weight excluding hydrogens is 492 g/mol. The number of hydroxylamine groups is 1. The summed E-state index contributed by atoms with van der Waals surface area (Å²) in [4.78, 5) is 30.7. The normalized spacial score (nSPS) is 21.8. The van der Waals surface area contributed by atoms with Gasteiger partial charge < -0.3 is 14.2 Å². The summed E-state index contributed by atoms with van der Waals surface area (Å²) < 4.78 is 43.9. The molecule has 36 heavy (non-hydrogen) atoms. The van der Waals surface area contributed by atoms with Crippen molar-refractivity contribution in [3.8, 4) is 11.6 Å². The first kappa shape index (κ1) is 25.8. The Morgan fingerprint density at radius 3 is 2.53 bits per heavy atom. The van der Waals surface area contributed by atoms with E-state index in [1.165, 1.54) is 24.1 Å². The summed E-state index contributed by atoms with van der Waals surface area (Å²) in [5.74, 6) is -0.189. The molecule has 4 rings (SSSR count). The largest absolute Gasteiger partial charge is 0.447 e. The van der Waals surface area contributed by atoms with Crippen molar-refractivity contribution in [2.45, 2.75) is 42.8 Å². The third-order valence-corrected chi connectivity index (χ3v) is 8.10. The lowest BCUT2D eigenvalue weighted by Crippen LogP contribution is -2.66. The number of hydrogen-bond donors (Lipinski definition) is 2. The topological polar surface area (TPSA) is 148 Å². The Morgan fingerprint density at radius 2 is 1.89 bits per heavy atom. The number of piperazine rings is 1. The molecule has 0 radical (unpaired) electrons. The molecule has 2 N–H and O–H groups in total. The summed E-state index contributed by atoms with van der Waals surface area (Å²) in [5.41, 5.74) is 2.61. The van der Waals surface area contributed by atoms with E-state index < -0.39 is 40.1 Å². The monoisotopic (exact) mass is 520 g/mol. The van der Waals surface area contributed by atoms with E-state index in [9.17, 15) is 23.2 Å². The first-order chi connectivity index (χ1) is 17.3. The number of nitrogens with zero attached hydrogens (tertiary/aromatic N) is 3. The maximum Gasteiger partial charge on any atom is 0.410 e. The fraction of sp³-hybridized carbons (Fsp3) is 0.435. The molecule has 2 aromatic rings. The number of sulfonamides is 1. The van der Waals surface area contributed by atoms with E-state index in [1.807, 2.05) is 19.1 Å². The van der Waals surface area contributed by atoms with Crippen molar-refractivity contribution in [1.82, 2.24) is 19.7 Å². The van der Waals surface area contributed by atoms with Crippen molar-refractivity contribution in [2.24, 2.45) is 0 Å². The van der Waals surface area contributed by atoms with E-state index >= 15 is 0 Å². The highest BCUT2D eigenvalue weighted by Crippen LogP contribution is 2.38. The number of carbonyl (C=O) groups excluding carboxylic acids is 2. The number of hydrogen-bond acceptors (Lipinski definition) is 9. The molecule has 2 aliphatic heterocycles. The van der Waals surface area contributed by atoms with Crippen LogP contribution >= 0.6 is 0 Å². The average molecular weight is 521 g/mol. The third-order valence-electron chi connectivity index (χ3n) is 6.27. The molecule has 2 fully saturated rings. The molecule has 0 spiro atoms. The molecule has 0 saturated carbocycles. The highest BCUT2D eigenvalue weighted by atomic mass is 32.2. The van der Waals surface area contributed by atoms with Crippen LogP contribution in [0.2, 0.25) is 0 Å². The van der Waals surface area contributed by atoms with Gasteiger partial charge in [-0.25, -0.2) is 23.7 Å². The molecule has 3 heterocycles. The van der Waals surface area contributed by atoms with Gasteiger partial charge in [0.1, 0.15) is 23.3 Å². The number of amides is 2. The van der Waals surface area contributed by atoms with Crippen LogP contribution in [0.5, 0.6) is 11.6 Å². The van der Waals surface area contributed by atoms with Crippen LogP contribution in [0.3, 0.4) is 0 Å². The van der Waals surface area contributed by atoms with Crippen LogP contribution in [-0.2, 0) is 24.3 Å². The smallest absolute Gasteiger partial charge is 0.410 e. The van der Waals surface area contributed by atoms with Crippen LogP contribution < -0.4 is 10.2 Å².